The first-order chi connectivity index (χ1) is 12.5. The lowest BCUT2D eigenvalue weighted by Crippen LogP contribution is -2.42. The van der Waals surface area contributed by atoms with Gasteiger partial charge < -0.3 is 9.64 Å². The first-order valence-electron chi connectivity index (χ1n) is 8.53. The summed E-state index contributed by atoms with van der Waals surface area (Å²) in [7, 11) is 0. The first-order valence-corrected chi connectivity index (χ1v) is 8.90. The largest absolute Gasteiger partial charge is 0.449 e. The van der Waals surface area contributed by atoms with Gasteiger partial charge in [-0.15, -0.1) is 0 Å². The van der Waals surface area contributed by atoms with Gasteiger partial charge in [-0.05, 0) is 48.2 Å². The zero-order valence-corrected chi connectivity index (χ0v) is 15.3. The molecule has 0 radical (unpaired) electrons. The third-order valence-electron chi connectivity index (χ3n) is 4.36. The van der Waals surface area contributed by atoms with Gasteiger partial charge in [-0.25, -0.2) is 4.79 Å². The van der Waals surface area contributed by atoms with Gasteiger partial charge in [-0.3, -0.25) is 4.79 Å². The van der Waals surface area contributed by atoms with Gasteiger partial charge in [0.05, 0.1) is 0 Å². The van der Waals surface area contributed by atoms with Crippen molar-refractivity contribution in [2.45, 2.75) is 26.0 Å². The minimum absolute atomic E-state index is 0.173. The van der Waals surface area contributed by atoms with E-state index in [9.17, 15) is 9.59 Å². The lowest BCUT2D eigenvalue weighted by Gasteiger charge is -2.30. The summed E-state index contributed by atoms with van der Waals surface area (Å²) in [4.78, 5) is 26.3. The minimum atomic E-state index is -0.817. The van der Waals surface area contributed by atoms with Crippen LogP contribution < -0.4 is 0 Å². The maximum absolute atomic E-state index is 12.6. The van der Waals surface area contributed by atoms with Crippen LogP contribution in [0.15, 0.2) is 54.6 Å². The molecule has 0 N–H and O–H groups in total. The van der Waals surface area contributed by atoms with Crippen LogP contribution in [0, 0.1) is 0 Å². The van der Waals surface area contributed by atoms with Crippen molar-refractivity contribution >= 4 is 29.6 Å². The van der Waals surface area contributed by atoms with Crippen LogP contribution in [-0.2, 0) is 27.3 Å². The van der Waals surface area contributed by atoms with E-state index in [1.165, 1.54) is 11.6 Å². The second kappa shape index (κ2) is 8.19. The number of carbonyl (C=O) groups excluding carboxylic acids is 2. The van der Waals surface area contributed by atoms with Crippen LogP contribution in [0.25, 0.3) is 6.08 Å². The van der Waals surface area contributed by atoms with Crippen molar-refractivity contribution in [1.82, 2.24) is 4.90 Å². The van der Waals surface area contributed by atoms with E-state index >= 15 is 0 Å². The molecule has 1 amide bonds. The topological polar surface area (TPSA) is 46.6 Å². The minimum Gasteiger partial charge on any atom is -0.449 e. The lowest BCUT2D eigenvalue weighted by molar-refractivity contribution is -0.155. The number of ether oxygens (including phenoxy) is 1. The Labute approximate surface area is 158 Å². The smallest absolute Gasteiger partial charge is 0.331 e. The molecule has 0 saturated heterocycles. The van der Waals surface area contributed by atoms with E-state index in [0.717, 1.165) is 17.5 Å². The van der Waals surface area contributed by atoms with Gasteiger partial charge in [0.25, 0.3) is 5.91 Å². The quantitative estimate of drug-likeness (QED) is 0.607. The molecule has 26 heavy (non-hydrogen) atoms. The molecule has 1 aliphatic rings. The lowest BCUT2D eigenvalue weighted by atomic mass is 9.99. The van der Waals surface area contributed by atoms with Gasteiger partial charge in [0.2, 0.25) is 0 Å². The number of hydrogen-bond donors (Lipinski definition) is 0. The van der Waals surface area contributed by atoms with Gasteiger partial charge in [0.1, 0.15) is 0 Å². The van der Waals surface area contributed by atoms with Crippen molar-refractivity contribution in [1.29, 1.82) is 0 Å². The maximum Gasteiger partial charge on any atom is 0.331 e. The van der Waals surface area contributed by atoms with Crippen molar-refractivity contribution < 1.29 is 14.3 Å². The number of hydrogen-bond acceptors (Lipinski definition) is 3. The van der Waals surface area contributed by atoms with Crippen LogP contribution in [-0.4, -0.2) is 29.4 Å². The van der Waals surface area contributed by atoms with Crippen molar-refractivity contribution in [3.63, 3.8) is 0 Å². The zero-order valence-electron chi connectivity index (χ0n) is 14.5. The maximum atomic E-state index is 12.6. The summed E-state index contributed by atoms with van der Waals surface area (Å²) in [6.45, 7) is 2.80. The molecule has 2 aromatic rings. The zero-order chi connectivity index (χ0) is 18.5. The average molecular weight is 370 g/mol. The summed E-state index contributed by atoms with van der Waals surface area (Å²) in [5.74, 6) is -0.717. The third-order valence-corrected chi connectivity index (χ3v) is 4.62. The predicted octanol–water partition coefficient (Wildman–Crippen LogP) is 3.87. The number of carbonyl (C=O) groups is 2. The van der Waals surface area contributed by atoms with E-state index in [1.54, 1.807) is 42.2 Å². The molecule has 0 bridgehead atoms. The number of amides is 1. The number of fused-ring (bicyclic) bond motifs is 1. The van der Waals surface area contributed by atoms with Crippen molar-refractivity contribution in [3.05, 3.63) is 76.3 Å². The van der Waals surface area contributed by atoms with Crippen molar-refractivity contribution in [2.75, 3.05) is 6.54 Å². The molecule has 0 aromatic heterocycles. The molecular weight excluding hydrogens is 350 g/mol. The predicted molar refractivity (Wildman–Crippen MR) is 102 cm³/mol. The van der Waals surface area contributed by atoms with Crippen LogP contribution in [0.3, 0.4) is 0 Å². The molecule has 4 nitrogen and oxygen atoms in total. The number of nitrogens with zero attached hydrogens (tertiary/aromatic N) is 1. The summed E-state index contributed by atoms with van der Waals surface area (Å²) in [5, 5.41) is 0.632. The van der Waals surface area contributed by atoms with Crippen LogP contribution in [0.1, 0.15) is 23.6 Å². The van der Waals surface area contributed by atoms with Gasteiger partial charge >= 0.3 is 5.97 Å². The number of halogens is 1. The highest BCUT2D eigenvalue weighted by atomic mass is 35.5. The Bertz CT molecular complexity index is 829. The Morgan fingerprint density at radius 1 is 1.12 bits per heavy atom. The highest BCUT2D eigenvalue weighted by molar-refractivity contribution is 6.30. The summed E-state index contributed by atoms with van der Waals surface area (Å²) in [5.41, 5.74) is 3.25. The Morgan fingerprint density at radius 3 is 2.54 bits per heavy atom. The van der Waals surface area contributed by atoms with E-state index < -0.39 is 12.1 Å². The molecule has 0 fully saturated rings. The fourth-order valence-corrected chi connectivity index (χ4v) is 3.07. The highest BCUT2D eigenvalue weighted by Gasteiger charge is 2.26. The molecule has 3 rings (SSSR count). The molecule has 5 heteroatoms. The Balaban J connectivity index is 1.55. The fourth-order valence-electron chi connectivity index (χ4n) is 2.94. The van der Waals surface area contributed by atoms with E-state index in [0.29, 0.717) is 18.1 Å². The normalized spacial score (nSPS) is 14.8. The molecule has 1 heterocycles. The summed E-state index contributed by atoms with van der Waals surface area (Å²) in [6.07, 6.45) is 2.95. The Hall–Kier alpha value is -2.59. The molecule has 1 atom stereocenters. The van der Waals surface area contributed by atoms with E-state index in [2.05, 4.69) is 6.07 Å². The van der Waals surface area contributed by atoms with Crippen LogP contribution in [0.2, 0.25) is 5.02 Å². The molecule has 0 aliphatic carbocycles. The van der Waals surface area contributed by atoms with Gasteiger partial charge in [-0.2, -0.15) is 0 Å². The number of benzene rings is 2. The number of rotatable bonds is 4. The molecule has 134 valence electrons. The molecule has 2 aromatic carbocycles. The highest BCUT2D eigenvalue weighted by Crippen LogP contribution is 2.19. The van der Waals surface area contributed by atoms with E-state index in [4.69, 9.17) is 16.3 Å². The van der Waals surface area contributed by atoms with Gasteiger partial charge in [0, 0.05) is 24.2 Å². The third kappa shape index (κ3) is 4.52. The summed E-state index contributed by atoms with van der Waals surface area (Å²) < 4.78 is 5.26. The summed E-state index contributed by atoms with van der Waals surface area (Å²) in [6, 6.07) is 15.2. The van der Waals surface area contributed by atoms with Crippen LogP contribution in [0.4, 0.5) is 0 Å². The van der Waals surface area contributed by atoms with Crippen molar-refractivity contribution in [2.24, 2.45) is 0 Å². The molecule has 0 saturated carbocycles. The molecular formula is C21H20ClNO3. The standard InChI is InChI=1S/C21H20ClNO3/c1-15(26-20(24)11-8-16-6-9-19(22)10-7-16)21(25)23-13-12-17-4-2-3-5-18(17)14-23/h2-11,15H,12-14H2,1H3/b11-8+/t15-/m0/s1. The van der Waals surface area contributed by atoms with Crippen LogP contribution >= 0.6 is 11.6 Å². The molecule has 0 spiro atoms. The van der Waals surface area contributed by atoms with Gasteiger partial charge in [-0.1, -0.05) is 48.0 Å². The summed E-state index contributed by atoms with van der Waals surface area (Å²) >= 11 is 5.83. The number of esters is 1. The Kier molecular flexibility index (Phi) is 5.74. The van der Waals surface area contributed by atoms with Gasteiger partial charge in [0.15, 0.2) is 6.10 Å². The fraction of sp³-hybridized carbons (Fsp3) is 0.238. The monoisotopic (exact) mass is 369 g/mol. The second-order valence-corrected chi connectivity index (χ2v) is 6.68. The Morgan fingerprint density at radius 2 is 1.81 bits per heavy atom. The molecule has 0 unspecified atom stereocenters. The SMILES string of the molecule is C[C@H](OC(=O)/C=C/c1ccc(Cl)cc1)C(=O)N1CCc2ccccc2C1. The molecule has 1 aliphatic heterocycles. The average Bonchev–Trinajstić information content (AvgIpc) is 2.66. The van der Waals surface area contributed by atoms with Crippen molar-refractivity contribution in [3.8, 4) is 0 Å². The second-order valence-electron chi connectivity index (χ2n) is 6.24. The van der Waals surface area contributed by atoms with E-state index in [-0.39, 0.29) is 5.91 Å². The van der Waals surface area contributed by atoms with Crippen LogP contribution in [0.5, 0.6) is 0 Å². The first kappa shape index (κ1) is 18.2. The van der Waals surface area contributed by atoms with E-state index in [1.807, 2.05) is 18.2 Å².